The first-order valence-electron chi connectivity index (χ1n) is 2.10. The third-order valence-electron chi connectivity index (χ3n) is 0.502. The molecule has 46 valence electrons. The van der Waals surface area contributed by atoms with Crippen molar-refractivity contribution in [2.75, 3.05) is 13.1 Å². The van der Waals surface area contributed by atoms with Crippen LogP contribution in [0.4, 0.5) is 4.79 Å². The van der Waals surface area contributed by atoms with Crippen molar-refractivity contribution in [1.82, 2.24) is 5.32 Å². The van der Waals surface area contributed by atoms with Crippen LogP contribution in [0.2, 0.25) is 0 Å². The lowest BCUT2D eigenvalue weighted by Gasteiger charge is -1.92. The molecule has 0 bridgehead atoms. The van der Waals surface area contributed by atoms with Crippen LogP contribution < -0.4 is 11.1 Å². The van der Waals surface area contributed by atoms with E-state index in [1.165, 1.54) is 0 Å². The van der Waals surface area contributed by atoms with E-state index in [1.54, 1.807) is 0 Å². The minimum atomic E-state index is -0.631. The Morgan fingerprint density at radius 2 is 2.38 bits per heavy atom. The molecule has 0 unspecified atom stereocenters. The highest BCUT2D eigenvalue weighted by Crippen LogP contribution is 1.62. The standard InChI is InChI=1S/C3H7N3O2/c4-3(7)5-1-2-6-8/h1-2H2,(H3,4,5,7). The summed E-state index contributed by atoms with van der Waals surface area (Å²) in [6.45, 7) is 0.293. The highest BCUT2D eigenvalue weighted by Gasteiger charge is 1.87. The Labute approximate surface area is 46.2 Å². The van der Waals surface area contributed by atoms with Crippen LogP contribution in [-0.2, 0) is 0 Å². The molecule has 0 aliphatic rings. The van der Waals surface area contributed by atoms with Crippen LogP contribution in [0, 0.1) is 4.91 Å². The quantitative estimate of drug-likeness (QED) is 0.383. The summed E-state index contributed by atoms with van der Waals surface area (Å²) in [5, 5.41) is 4.68. The van der Waals surface area contributed by atoms with Crippen molar-refractivity contribution in [2.24, 2.45) is 10.9 Å². The molecule has 2 amide bonds. The Morgan fingerprint density at radius 1 is 1.75 bits per heavy atom. The van der Waals surface area contributed by atoms with E-state index in [9.17, 15) is 9.70 Å². The van der Waals surface area contributed by atoms with Crippen LogP contribution >= 0.6 is 0 Å². The summed E-state index contributed by atoms with van der Waals surface area (Å²) in [6, 6.07) is -0.631. The van der Waals surface area contributed by atoms with Gasteiger partial charge in [-0.1, -0.05) is 5.18 Å². The third-order valence-corrected chi connectivity index (χ3v) is 0.502. The highest BCUT2D eigenvalue weighted by atomic mass is 16.3. The van der Waals surface area contributed by atoms with E-state index in [0.717, 1.165) is 0 Å². The van der Waals surface area contributed by atoms with E-state index in [4.69, 9.17) is 0 Å². The molecule has 0 aromatic carbocycles. The molecule has 0 heterocycles. The number of hydrogen-bond donors (Lipinski definition) is 2. The lowest BCUT2D eigenvalue weighted by molar-refractivity contribution is 0.249. The van der Waals surface area contributed by atoms with Crippen molar-refractivity contribution in [3.63, 3.8) is 0 Å². The van der Waals surface area contributed by atoms with Crippen LogP contribution in [0.3, 0.4) is 0 Å². The number of nitroso groups, excluding NO2 is 1. The average Bonchev–Trinajstić information content (AvgIpc) is 1.66. The number of carbonyl (C=O) groups is 1. The van der Waals surface area contributed by atoms with Gasteiger partial charge in [0.05, 0.1) is 6.54 Å². The van der Waals surface area contributed by atoms with Gasteiger partial charge in [0.1, 0.15) is 0 Å². The molecular formula is C3H7N3O2. The highest BCUT2D eigenvalue weighted by molar-refractivity contribution is 5.71. The Bertz CT molecular complexity index is 92.5. The molecule has 0 saturated heterocycles. The average molecular weight is 117 g/mol. The largest absolute Gasteiger partial charge is 0.352 e. The Balaban J connectivity index is 2.93. The predicted molar refractivity (Wildman–Crippen MR) is 28.2 cm³/mol. The molecule has 5 heteroatoms. The zero-order valence-electron chi connectivity index (χ0n) is 4.26. The fourth-order valence-electron chi connectivity index (χ4n) is 0.225. The lowest BCUT2D eigenvalue weighted by atomic mass is 10.6. The Hall–Kier alpha value is -1.13. The molecule has 0 atom stereocenters. The summed E-state index contributed by atoms with van der Waals surface area (Å²) in [4.78, 5) is 19.2. The molecule has 5 nitrogen and oxygen atoms in total. The van der Waals surface area contributed by atoms with E-state index < -0.39 is 6.03 Å². The van der Waals surface area contributed by atoms with Crippen molar-refractivity contribution in [3.8, 4) is 0 Å². The van der Waals surface area contributed by atoms with Gasteiger partial charge in [-0.15, -0.1) is 0 Å². The molecule has 0 spiro atoms. The molecule has 0 aliphatic carbocycles. The fourth-order valence-corrected chi connectivity index (χ4v) is 0.225. The molecule has 0 aromatic heterocycles. The minimum Gasteiger partial charge on any atom is -0.352 e. The summed E-state index contributed by atoms with van der Waals surface area (Å²) in [5.41, 5.74) is 4.64. The summed E-state index contributed by atoms with van der Waals surface area (Å²) < 4.78 is 0. The van der Waals surface area contributed by atoms with Crippen molar-refractivity contribution < 1.29 is 4.79 Å². The molecule has 0 aliphatic heterocycles. The van der Waals surface area contributed by atoms with E-state index in [-0.39, 0.29) is 13.1 Å². The maximum absolute atomic E-state index is 9.84. The second kappa shape index (κ2) is 4.04. The summed E-state index contributed by atoms with van der Waals surface area (Å²) >= 11 is 0. The smallest absolute Gasteiger partial charge is 0.312 e. The Morgan fingerprint density at radius 3 is 2.75 bits per heavy atom. The number of amides is 2. The van der Waals surface area contributed by atoms with Crippen LogP contribution in [0.15, 0.2) is 5.18 Å². The van der Waals surface area contributed by atoms with Gasteiger partial charge in [0, 0.05) is 6.54 Å². The van der Waals surface area contributed by atoms with Crippen molar-refractivity contribution in [3.05, 3.63) is 4.91 Å². The molecule has 0 saturated carbocycles. The van der Waals surface area contributed by atoms with Gasteiger partial charge in [0.25, 0.3) is 0 Å². The first-order valence-corrected chi connectivity index (χ1v) is 2.10. The number of nitrogens with zero attached hydrogens (tertiary/aromatic N) is 1. The summed E-state index contributed by atoms with van der Waals surface area (Å²) in [5.74, 6) is 0. The van der Waals surface area contributed by atoms with Gasteiger partial charge in [-0.3, -0.25) is 0 Å². The predicted octanol–water partition coefficient (Wildman–Crippen LogP) is -0.579. The van der Waals surface area contributed by atoms with Crippen LogP contribution in [0.25, 0.3) is 0 Å². The first kappa shape index (κ1) is 6.87. The van der Waals surface area contributed by atoms with E-state index in [0.29, 0.717) is 0 Å². The Kier molecular flexibility index (Phi) is 3.47. The number of primary amides is 1. The van der Waals surface area contributed by atoms with Crippen molar-refractivity contribution >= 4 is 6.03 Å². The van der Waals surface area contributed by atoms with Gasteiger partial charge in [0.15, 0.2) is 0 Å². The molecule has 8 heavy (non-hydrogen) atoms. The third kappa shape index (κ3) is 4.87. The SMILES string of the molecule is NC(=O)NCCN=O. The van der Waals surface area contributed by atoms with Gasteiger partial charge in [-0.25, -0.2) is 4.79 Å². The van der Waals surface area contributed by atoms with Crippen LogP contribution in [0.1, 0.15) is 0 Å². The molecular weight excluding hydrogens is 110 g/mol. The number of rotatable bonds is 3. The van der Waals surface area contributed by atoms with E-state index in [1.807, 2.05) is 0 Å². The molecule has 0 aromatic rings. The van der Waals surface area contributed by atoms with Crippen LogP contribution in [-0.4, -0.2) is 19.1 Å². The van der Waals surface area contributed by atoms with Gasteiger partial charge in [-0.2, -0.15) is 4.91 Å². The maximum atomic E-state index is 9.84. The lowest BCUT2D eigenvalue weighted by Crippen LogP contribution is -2.31. The summed E-state index contributed by atoms with van der Waals surface area (Å²) in [6.07, 6.45) is 0. The zero-order chi connectivity index (χ0) is 6.41. The summed E-state index contributed by atoms with van der Waals surface area (Å²) in [7, 11) is 0. The monoisotopic (exact) mass is 117 g/mol. The number of carbonyl (C=O) groups excluding carboxylic acids is 1. The molecule has 3 N–H and O–H groups in total. The number of urea groups is 1. The zero-order valence-corrected chi connectivity index (χ0v) is 4.26. The van der Waals surface area contributed by atoms with Gasteiger partial charge in [0.2, 0.25) is 0 Å². The first-order chi connectivity index (χ1) is 3.77. The maximum Gasteiger partial charge on any atom is 0.312 e. The van der Waals surface area contributed by atoms with Gasteiger partial charge in [-0.05, 0) is 0 Å². The molecule has 0 rings (SSSR count). The van der Waals surface area contributed by atoms with Gasteiger partial charge >= 0.3 is 6.03 Å². The second-order valence-electron chi connectivity index (χ2n) is 1.14. The normalized spacial score (nSPS) is 8.00. The van der Waals surface area contributed by atoms with E-state index >= 15 is 0 Å². The topological polar surface area (TPSA) is 84.6 Å². The van der Waals surface area contributed by atoms with Gasteiger partial charge < -0.3 is 11.1 Å². The van der Waals surface area contributed by atoms with E-state index in [2.05, 4.69) is 16.2 Å². The van der Waals surface area contributed by atoms with Crippen molar-refractivity contribution in [2.45, 2.75) is 0 Å². The molecule has 0 radical (unpaired) electrons. The number of nitrogens with two attached hydrogens (primary N) is 1. The second-order valence-corrected chi connectivity index (χ2v) is 1.14. The minimum absolute atomic E-state index is 0.0724. The fraction of sp³-hybridized carbons (Fsp3) is 0.667. The number of nitrogens with one attached hydrogen (secondary N) is 1. The van der Waals surface area contributed by atoms with Crippen molar-refractivity contribution in [1.29, 1.82) is 0 Å². The number of hydrogen-bond acceptors (Lipinski definition) is 3. The molecule has 0 fully saturated rings. The van der Waals surface area contributed by atoms with Crippen LogP contribution in [0.5, 0.6) is 0 Å².